The molecule has 0 aliphatic rings. The molecule has 0 radical (unpaired) electrons. The van der Waals surface area contributed by atoms with Crippen molar-refractivity contribution in [2.45, 2.75) is 76.3 Å². The molecule has 0 fully saturated rings. The molecule has 0 aliphatic heterocycles. The van der Waals surface area contributed by atoms with Gasteiger partial charge in [0.15, 0.2) is 0 Å². The van der Waals surface area contributed by atoms with Gasteiger partial charge in [-0.25, -0.2) is 0 Å². The van der Waals surface area contributed by atoms with Crippen molar-refractivity contribution in [3.05, 3.63) is 0 Å². The average molecular weight is 461 g/mol. The maximum atomic E-state index is 11.8. The highest BCUT2D eigenvalue weighted by Crippen LogP contribution is 1.99. The number of hydrogen-bond acceptors (Lipinski definition) is 8. The van der Waals surface area contributed by atoms with Crippen LogP contribution in [0.4, 0.5) is 0 Å². The van der Waals surface area contributed by atoms with Crippen LogP contribution in [-0.2, 0) is 19.1 Å². The molecule has 2 amide bonds. The molecule has 0 aromatic carbocycles. The Hall–Kier alpha value is -1.30. The molecule has 2 atom stereocenters. The zero-order valence-corrected chi connectivity index (χ0v) is 19.8. The molecular weight excluding hydrogens is 412 g/mol. The summed E-state index contributed by atoms with van der Waals surface area (Å²) in [5.74, 6) is -0.215. The van der Waals surface area contributed by atoms with Gasteiger partial charge in [-0.15, -0.1) is 0 Å². The van der Waals surface area contributed by atoms with Crippen molar-refractivity contribution in [3.8, 4) is 0 Å². The van der Waals surface area contributed by atoms with Crippen molar-refractivity contribution in [2.75, 3.05) is 52.6 Å². The number of amides is 2. The van der Waals surface area contributed by atoms with E-state index in [-0.39, 0.29) is 11.8 Å². The van der Waals surface area contributed by atoms with Gasteiger partial charge in [0.2, 0.25) is 11.8 Å². The smallest absolute Gasteiger partial charge is 0.236 e. The van der Waals surface area contributed by atoms with Crippen LogP contribution in [0.25, 0.3) is 0 Å². The zero-order chi connectivity index (χ0) is 23.9. The Morgan fingerprint density at radius 1 is 0.594 bits per heavy atom. The molecule has 0 unspecified atom stereocenters. The van der Waals surface area contributed by atoms with Crippen molar-refractivity contribution in [1.82, 2.24) is 10.6 Å². The quantitative estimate of drug-likeness (QED) is 0.113. The van der Waals surface area contributed by atoms with E-state index in [9.17, 15) is 9.59 Å². The van der Waals surface area contributed by atoms with Crippen LogP contribution in [0.15, 0.2) is 0 Å². The molecule has 0 aromatic heterocycles. The van der Waals surface area contributed by atoms with Gasteiger partial charge in [0.25, 0.3) is 0 Å². The molecule has 0 spiro atoms. The predicted octanol–water partition coefficient (Wildman–Crippen LogP) is -0.275. The minimum absolute atomic E-state index is 0.107. The van der Waals surface area contributed by atoms with Crippen molar-refractivity contribution < 1.29 is 19.1 Å². The molecule has 0 heterocycles. The van der Waals surface area contributed by atoms with E-state index in [0.29, 0.717) is 65.4 Å². The fourth-order valence-electron chi connectivity index (χ4n) is 2.93. The van der Waals surface area contributed by atoms with E-state index in [1.54, 1.807) is 0 Å². The van der Waals surface area contributed by atoms with E-state index < -0.39 is 12.1 Å². The molecule has 0 saturated heterocycles. The summed E-state index contributed by atoms with van der Waals surface area (Å²) in [5.41, 5.74) is 22.5. The number of carbonyl (C=O) groups is 2. The summed E-state index contributed by atoms with van der Waals surface area (Å²) in [5, 5.41) is 5.67. The normalized spacial score (nSPS) is 13.0. The first-order valence-corrected chi connectivity index (χ1v) is 12.1. The molecule has 0 rings (SSSR count). The van der Waals surface area contributed by atoms with Crippen LogP contribution in [0.5, 0.6) is 0 Å². The fourth-order valence-corrected chi connectivity index (χ4v) is 2.93. The zero-order valence-electron chi connectivity index (χ0n) is 19.8. The lowest BCUT2D eigenvalue weighted by Gasteiger charge is -2.12. The molecular formula is C22H48N6O4. The second-order valence-corrected chi connectivity index (χ2v) is 8.00. The van der Waals surface area contributed by atoms with E-state index in [1.807, 2.05) is 0 Å². The third-order valence-corrected chi connectivity index (χ3v) is 4.97. The van der Waals surface area contributed by atoms with Gasteiger partial charge >= 0.3 is 0 Å². The lowest BCUT2D eigenvalue weighted by Crippen LogP contribution is -2.41. The Bertz CT molecular complexity index is 416. The summed E-state index contributed by atoms with van der Waals surface area (Å²) in [4.78, 5) is 23.6. The van der Waals surface area contributed by atoms with Gasteiger partial charge < -0.3 is 43.0 Å². The van der Waals surface area contributed by atoms with Gasteiger partial charge in [0.05, 0.1) is 12.1 Å². The first-order valence-electron chi connectivity index (χ1n) is 12.1. The molecule has 0 saturated carbocycles. The Balaban J connectivity index is 3.34. The standard InChI is InChI=1S/C22H48N6O4/c23-11-3-1-9-19(25)21(29)27-13-7-17-31-15-5-6-16-32-18-8-14-28-22(30)20(26)10-2-4-12-24/h19-20H,1-18,23-26H2,(H,27,29)(H,28,30)/t19-,20-/m0/s1. The van der Waals surface area contributed by atoms with Gasteiger partial charge in [-0.05, 0) is 64.5 Å². The van der Waals surface area contributed by atoms with Crippen LogP contribution in [0.2, 0.25) is 0 Å². The number of nitrogens with one attached hydrogen (secondary N) is 2. The van der Waals surface area contributed by atoms with Crippen LogP contribution in [0.3, 0.4) is 0 Å². The number of ether oxygens (including phenoxy) is 2. The summed E-state index contributed by atoms with van der Waals surface area (Å²) >= 11 is 0. The summed E-state index contributed by atoms with van der Waals surface area (Å²) in [6.07, 6.45) is 8.24. The molecule has 0 aliphatic carbocycles. The van der Waals surface area contributed by atoms with Gasteiger partial charge in [0, 0.05) is 39.5 Å². The van der Waals surface area contributed by atoms with E-state index >= 15 is 0 Å². The third-order valence-electron chi connectivity index (χ3n) is 4.97. The minimum atomic E-state index is -0.456. The summed E-state index contributed by atoms with van der Waals surface area (Å²) in [6.45, 7) is 4.97. The van der Waals surface area contributed by atoms with Crippen LogP contribution in [0, 0.1) is 0 Å². The Labute approximate surface area is 193 Å². The summed E-state index contributed by atoms with van der Waals surface area (Å²) in [7, 11) is 0. The van der Waals surface area contributed by atoms with Crippen LogP contribution < -0.4 is 33.6 Å². The number of hydrogen-bond donors (Lipinski definition) is 6. The van der Waals surface area contributed by atoms with Gasteiger partial charge in [-0.2, -0.15) is 0 Å². The topological polar surface area (TPSA) is 181 Å². The van der Waals surface area contributed by atoms with Crippen molar-refractivity contribution in [1.29, 1.82) is 0 Å². The second kappa shape index (κ2) is 22.9. The van der Waals surface area contributed by atoms with Crippen molar-refractivity contribution in [2.24, 2.45) is 22.9 Å². The molecule has 32 heavy (non-hydrogen) atoms. The van der Waals surface area contributed by atoms with Gasteiger partial charge in [-0.3, -0.25) is 9.59 Å². The van der Waals surface area contributed by atoms with E-state index in [1.165, 1.54) is 0 Å². The monoisotopic (exact) mass is 460 g/mol. The highest BCUT2D eigenvalue weighted by Gasteiger charge is 2.12. The Kier molecular flexibility index (Phi) is 21.9. The highest BCUT2D eigenvalue weighted by atomic mass is 16.5. The van der Waals surface area contributed by atoms with Crippen molar-refractivity contribution in [3.63, 3.8) is 0 Å². The Morgan fingerprint density at radius 3 is 1.34 bits per heavy atom. The second-order valence-electron chi connectivity index (χ2n) is 8.00. The maximum absolute atomic E-state index is 11.8. The molecule has 10 N–H and O–H groups in total. The van der Waals surface area contributed by atoms with Gasteiger partial charge in [-0.1, -0.05) is 12.8 Å². The molecule has 10 nitrogen and oxygen atoms in total. The highest BCUT2D eigenvalue weighted by molar-refractivity contribution is 5.81. The predicted molar refractivity (Wildman–Crippen MR) is 128 cm³/mol. The number of carbonyl (C=O) groups excluding carboxylic acids is 2. The molecule has 0 aromatic rings. The van der Waals surface area contributed by atoms with Crippen molar-refractivity contribution >= 4 is 11.8 Å². The first kappa shape index (κ1) is 30.7. The summed E-state index contributed by atoms with van der Waals surface area (Å²) in [6, 6.07) is -0.912. The number of unbranched alkanes of at least 4 members (excludes halogenated alkanes) is 3. The lowest BCUT2D eigenvalue weighted by atomic mass is 10.1. The lowest BCUT2D eigenvalue weighted by molar-refractivity contribution is -0.123. The number of rotatable bonds is 23. The SMILES string of the molecule is NCCCC[C@H](N)C(=O)NCCCOCCCCOCCCNC(=O)[C@@H](N)CCCCN. The Morgan fingerprint density at radius 2 is 0.969 bits per heavy atom. The van der Waals surface area contributed by atoms with Crippen LogP contribution >= 0.6 is 0 Å². The summed E-state index contributed by atoms with van der Waals surface area (Å²) < 4.78 is 11.1. The van der Waals surface area contributed by atoms with E-state index in [0.717, 1.165) is 51.4 Å². The van der Waals surface area contributed by atoms with Crippen LogP contribution in [-0.4, -0.2) is 76.5 Å². The minimum Gasteiger partial charge on any atom is -0.381 e. The molecule has 190 valence electrons. The fraction of sp³-hybridized carbons (Fsp3) is 0.909. The average Bonchev–Trinajstić information content (AvgIpc) is 2.79. The largest absolute Gasteiger partial charge is 0.381 e. The molecule has 0 bridgehead atoms. The van der Waals surface area contributed by atoms with E-state index in [4.69, 9.17) is 32.4 Å². The number of nitrogens with two attached hydrogens (primary N) is 4. The first-order chi connectivity index (χ1) is 15.5. The van der Waals surface area contributed by atoms with Crippen LogP contribution in [0.1, 0.15) is 64.2 Å². The van der Waals surface area contributed by atoms with E-state index in [2.05, 4.69) is 10.6 Å². The molecule has 10 heteroatoms. The van der Waals surface area contributed by atoms with Gasteiger partial charge in [0.1, 0.15) is 0 Å². The maximum Gasteiger partial charge on any atom is 0.236 e. The third kappa shape index (κ3) is 19.4.